The first-order valence-electron chi connectivity index (χ1n) is 4.98. The maximum Gasteiger partial charge on any atom is 0.0660 e. The summed E-state index contributed by atoms with van der Waals surface area (Å²) in [5, 5.41) is 9.61. The van der Waals surface area contributed by atoms with Crippen molar-refractivity contribution in [2.75, 3.05) is 23.8 Å². The monoisotopic (exact) mass is 228 g/mol. The van der Waals surface area contributed by atoms with Crippen LogP contribution in [0.4, 0.5) is 11.4 Å². The Hall–Kier alpha value is -0.930. The summed E-state index contributed by atoms with van der Waals surface area (Å²) in [6, 6.07) is 5.71. The molecular formula is C11H17ClN2O. The molecule has 1 aromatic rings. The Kier molecular flexibility index (Phi) is 4.24. The molecule has 0 spiro atoms. The zero-order valence-corrected chi connectivity index (χ0v) is 9.83. The van der Waals surface area contributed by atoms with E-state index in [1.54, 1.807) is 6.07 Å². The van der Waals surface area contributed by atoms with Crippen LogP contribution in [0.1, 0.15) is 13.8 Å². The van der Waals surface area contributed by atoms with Crippen LogP contribution in [0.5, 0.6) is 0 Å². The normalized spacial score (nSPS) is 10.7. The highest BCUT2D eigenvalue weighted by Crippen LogP contribution is 2.28. The summed E-state index contributed by atoms with van der Waals surface area (Å²) in [7, 11) is 0. The van der Waals surface area contributed by atoms with Gasteiger partial charge in [0.15, 0.2) is 0 Å². The van der Waals surface area contributed by atoms with Crippen LogP contribution in [0, 0.1) is 0 Å². The molecule has 0 saturated heterocycles. The van der Waals surface area contributed by atoms with Gasteiger partial charge in [-0.1, -0.05) is 11.6 Å². The molecule has 0 aliphatic heterocycles. The minimum Gasteiger partial charge on any atom is -0.399 e. The number of benzene rings is 1. The summed E-state index contributed by atoms with van der Waals surface area (Å²) in [6.45, 7) is 4.80. The van der Waals surface area contributed by atoms with Crippen LogP contribution in [-0.2, 0) is 0 Å². The van der Waals surface area contributed by atoms with Crippen molar-refractivity contribution in [3.8, 4) is 0 Å². The Morgan fingerprint density at radius 1 is 1.47 bits per heavy atom. The quantitative estimate of drug-likeness (QED) is 0.777. The van der Waals surface area contributed by atoms with E-state index in [0.717, 1.165) is 5.69 Å². The van der Waals surface area contributed by atoms with Crippen molar-refractivity contribution < 1.29 is 5.11 Å². The van der Waals surface area contributed by atoms with Crippen LogP contribution < -0.4 is 10.6 Å². The summed E-state index contributed by atoms with van der Waals surface area (Å²) >= 11 is 6.10. The van der Waals surface area contributed by atoms with Crippen molar-refractivity contribution in [2.45, 2.75) is 19.9 Å². The SMILES string of the molecule is CC(C)N(CCO)c1ccc(N)cc1Cl. The Morgan fingerprint density at radius 3 is 2.60 bits per heavy atom. The van der Waals surface area contributed by atoms with Crippen LogP contribution in [0.3, 0.4) is 0 Å². The van der Waals surface area contributed by atoms with Crippen LogP contribution in [0.2, 0.25) is 5.02 Å². The summed E-state index contributed by atoms with van der Waals surface area (Å²) in [4.78, 5) is 2.04. The van der Waals surface area contributed by atoms with Gasteiger partial charge in [-0.2, -0.15) is 0 Å². The number of nitrogens with two attached hydrogens (primary N) is 1. The molecule has 0 aliphatic rings. The molecule has 0 atom stereocenters. The van der Waals surface area contributed by atoms with Gasteiger partial charge in [0.1, 0.15) is 0 Å². The maximum atomic E-state index is 8.98. The highest BCUT2D eigenvalue weighted by Gasteiger charge is 2.12. The van der Waals surface area contributed by atoms with E-state index in [0.29, 0.717) is 23.3 Å². The highest BCUT2D eigenvalue weighted by atomic mass is 35.5. The predicted molar refractivity (Wildman–Crippen MR) is 65.4 cm³/mol. The van der Waals surface area contributed by atoms with Gasteiger partial charge >= 0.3 is 0 Å². The highest BCUT2D eigenvalue weighted by molar-refractivity contribution is 6.33. The van der Waals surface area contributed by atoms with E-state index in [1.807, 2.05) is 17.0 Å². The number of hydrogen-bond acceptors (Lipinski definition) is 3. The lowest BCUT2D eigenvalue weighted by Crippen LogP contribution is -2.33. The number of aliphatic hydroxyl groups is 1. The van der Waals surface area contributed by atoms with Crippen molar-refractivity contribution in [3.63, 3.8) is 0 Å². The molecule has 4 heteroatoms. The third-order valence-corrected chi connectivity index (χ3v) is 2.55. The van der Waals surface area contributed by atoms with Crippen LogP contribution in [0.25, 0.3) is 0 Å². The minimum absolute atomic E-state index is 0.110. The van der Waals surface area contributed by atoms with Crippen LogP contribution >= 0.6 is 11.6 Å². The van der Waals surface area contributed by atoms with Gasteiger partial charge in [0, 0.05) is 18.3 Å². The molecule has 0 fully saturated rings. The van der Waals surface area contributed by atoms with E-state index in [2.05, 4.69) is 13.8 Å². The average molecular weight is 229 g/mol. The van der Waals surface area contributed by atoms with Crippen molar-refractivity contribution in [3.05, 3.63) is 23.2 Å². The Bertz CT molecular complexity index is 328. The fraction of sp³-hybridized carbons (Fsp3) is 0.455. The first-order valence-corrected chi connectivity index (χ1v) is 5.36. The van der Waals surface area contributed by atoms with Gasteiger partial charge < -0.3 is 15.7 Å². The third-order valence-electron chi connectivity index (χ3n) is 2.25. The number of aliphatic hydroxyl groups excluding tert-OH is 1. The molecule has 0 unspecified atom stereocenters. The summed E-state index contributed by atoms with van der Waals surface area (Å²) in [6.07, 6.45) is 0. The van der Waals surface area contributed by atoms with Gasteiger partial charge in [0.05, 0.1) is 17.3 Å². The largest absolute Gasteiger partial charge is 0.399 e. The molecule has 0 aliphatic carbocycles. The zero-order chi connectivity index (χ0) is 11.4. The van der Waals surface area contributed by atoms with Crippen LogP contribution in [0.15, 0.2) is 18.2 Å². The van der Waals surface area contributed by atoms with Gasteiger partial charge in [-0.25, -0.2) is 0 Å². The van der Waals surface area contributed by atoms with Crippen molar-refractivity contribution >= 4 is 23.0 Å². The molecule has 1 aromatic carbocycles. The van der Waals surface area contributed by atoms with Gasteiger partial charge in [0.25, 0.3) is 0 Å². The molecule has 0 radical (unpaired) electrons. The fourth-order valence-corrected chi connectivity index (χ4v) is 1.82. The number of nitrogens with zero attached hydrogens (tertiary/aromatic N) is 1. The van der Waals surface area contributed by atoms with Gasteiger partial charge in [-0.05, 0) is 32.0 Å². The van der Waals surface area contributed by atoms with E-state index in [-0.39, 0.29) is 6.61 Å². The second kappa shape index (κ2) is 5.24. The van der Waals surface area contributed by atoms with Gasteiger partial charge in [-0.15, -0.1) is 0 Å². The molecule has 0 heterocycles. The smallest absolute Gasteiger partial charge is 0.0660 e. The molecule has 3 N–H and O–H groups in total. The van der Waals surface area contributed by atoms with Crippen molar-refractivity contribution in [1.29, 1.82) is 0 Å². The lowest BCUT2D eigenvalue weighted by atomic mass is 10.2. The molecule has 84 valence electrons. The lowest BCUT2D eigenvalue weighted by molar-refractivity contribution is 0.299. The van der Waals surface area contributed by atoms with Crippen molar-refractivity contribution in [1.82, 2.24) is 0 Å². The van der Waals surface area contributed by atoms with E-state index >= 15 is 0 Å². The van der Waals surface area contributed by atoms with E-state index in [1.165, 1.54) is 0 Å². The molecule has 0 bridgehead atoms. The third kappa shape index (κ3) is 3.01. The standard InChI is InChI=1S/C11H17ClN2O/c1-8(2)14(5-6-15)11-4-3-9(13)7-10(11)12/h3-4,7-8,15H,5-6,13H2,1-2H3. The first-order chi connectivity index (χ1) is 7.06. The summed E-state index contributed by atoms with van der Waals surface area (Å²) < 4.78 is 0. The minimum atomic E-state index is 0.110. The number of nitrogen functional groups attached to an aromatic ring is 1. The molecule has 15 heavy (non-hydrogen) atoms. The molecule has 0 saturated carbocycles. The molecular weight excluding hydrogens is 212 g/mol. The number of rotatable bonds is 4. The topological polar surface area (TPSA) is 49.5 Å². The summed E-state index contributed by atoms with van der Waals surface area (Å²) in [5.74, 6) is 0. The molecule has 1 rings (SSSR count). The average Bonchev–Trinajstić information content (AvgIpc) is 2.15. The van der Waals surface area contributed by atoms with Gasteiger partial charge in [0.2, 0.25) is 0 Å². The fourth-order valence-electron chi connectivity index (χ4n) is 1.52. The molecule has 3 nitrogen and oxygen atoms in total. The lowest BCUT2D eigenvalue weighted by Gasteiger charge is -2.29. The number of halogens is 1. The second-order valence-electron chi connectivity index (χ2n) is 3.72. The van der Waals surface area contributed by atoms with E-state index < -0.39 is 0 Å². The van der Waals surface area contributed by atoms with Gasteiger partial charge in [-0.3, -0.25) is 0 Å². The number of hydrogen-bond donors (Lipinski definition) is 2. The first kappa shape index (κ1) is 12.1. The summed E-state index contributed by atoms with van der Waals surface area (Å²) in [5.41, 5.74) is 7.19. The molecule has 0 amide bonds. The maximum absolute atomic E-state index is 8.98. The van der Waals surface area contributed by atoms with E-state index in [4.69, 9.17) is 22.4 Å². The zero-order valence-electron chi connectivity index (χ0n) is 9.07. The van der Waals surface area contributed by atoms with Crippen LogP contribution in [-0.4, -0.2) is 24.3 Å². The Morgan fingerprint density at radius 2 is 2.13 bits per heavy atom. The number of anilines is 2. The van der Waals surface area contributed by atoms with E-state index in [9.17, 15) is 0 Å². The Labute approximate surface area is 95.5 Å². The predicted octanol–water partition coefficient (Wildman–Crippen LogP) is 2.13. The second-order valence-corrected chi connectivity index (χ2v) is 4.13. The molecule has 0 aromatic heterocycles. The van der Waals surface area contributed by atoms with Crippen molar-refractivity contribution in [2.24, 2.45) is 0 Å². The Balaban J connectivity index is 3.00.